The number of nitrogens with zero attached hydrogens (tertiary/aromatic N) is 3. The first kappa shape index (κ1) is 47.6. The molecule has 0 spiro atoms. The molecule has 1 aromatic carbocycles. The molecule has 6 rings (SSSR count). The van der Waals surface area contributed by atoms with Gasteiger partial charge in [0.15, 0.2) is 0 Å². The van der Waals surface area contributed by atoms with Crippen LogP contribution in [0.1, 0.15) is 80.4 Å². The lowest BCUT2D eigenvalue weighted by molar-refractivity contribution is -0.153. The summed E-state index contributed by atoms with van der Waals surface area (Å²) in [6, 6.07) is 16.5. The Balaban J connectivity index is 0.000000215. The Bertz CT molecular complexity index is 2160. The topological polar surface area (TPSA) is 140 Å². The first-order chi connectivity index (χ1) is 26.5. The molecule has 0 amide bonds. The Morgan fingerprint density at radius 2 is 1.63 bits per heavy atom. The van der Waals surface area contributed by atoms with E-state index in [1.54, 1.807) is 24.4 Å². The molecule has 306 valence electrons. The summed E-state index contributed by atoms with van der Waals surface area (Å²) in [6.45, 7) is 13.7. The molecule has 0 aliphatic carbocycles. The number of rotatable bonds is 6. The van der Waals surface area contributed by atoms with Crippen LogP contribution in [0.25, 0.3) is 11.0 Å². The molecule has 0 radical (unpaired) electrons. The van der Waals surface area contributed by atoms with E-state index in [4.69, 9.17) is 31.4 Å². The SMILES string of the molecule is COC(=O)C(C)(C)c1cccc(B2OC(C)(C)C(C)(C)O2)c1.Cc1cc(C(=O)Cl)c2ncccc2n1.FC(F)(F)c1ccc(CBr)o1.NCc1ncc(Br)cc1F. The van der Waals surface area contributed by atoms with Gasteiger partial charge < -0.3 is 24.2 Å². The van der Waals surface area contributed by atoms with Crippen molar-refractivity contribution in [1.29, 1.82) is 0 Å². The lowest BCUT2D eigenvalue weighted by Gasteiger charge is -2.32. The van der Waals surface area contributed by atoms with Crippen LogP contribution in [0.5, 0.6) is 0 Å². The normalized spacial score (nSPS) is 14.4. The minimum atomic E-state index is -4.37. The Kier molecular flexibility index (Phi) is 16.6. The molecule has 1 aliphatic heterocycles. The van der Waals surface area contributed by atoms with Gasteiger partial charge in [-0.2, -0.15) is 13.2 Å². The Hall–Kier alpha value is -3.74. The number of aryl methyl sites for hydroxylation is 1. The minimum absolute atomic E-state index is 0.138. The second kappa shape index (κ2) is 19.8. The number of halogens is 7. The van der Waals surface area contributed by atoms with Crippen molar-refractivity contribution in [2.24, 2.45) is 5.73 Å². The third-order valence-corrected chi connectivity index (χ3v) is 10.1. The van der Waals surface area contributed by atoms with E-state index in [0.717, 1.165) is 22.8 Å². The smallest absolute Gasteiger partial charge is 0.468 e. The summed E-state index contributed by atoms with van der Waals surface area (Å²) in [6.07, 6.45) is -1.24. The van der Waals surface area contributed by atoms with Gasteiger partial charge in [-0.3, -0.25) is 24.5 Å². The lowest BCUT2D eigenvalue weighted by Crippen LogP contribution is -2.41. The summed E-state index contributed by atoms with van der Waals surface area (Å²) >= 11 is 11.5. The van der Waals surface area contributed by atoms with Gasteiger partial charge >= 0.3 is 19.3 Å². The highest BCUT2D eigenvalue weighted by Crippen LogP contribution is 2.37. The third-order valence-electron chi connectivity index (χ3n) is 8.88. The van der Waals surface area contributed by atoms with Gasteiger partial charge in [-0.1, -0.05) is 40.2 Å². The van der Waals surface area contributed by atoms with E-state index in [2.05, 4.69) is 51.2 Å². The van der Waals surface area contributed by atoms with Crippen LogP contribution in [-0.2, 0) is 42.3 Å². The summed E-state index contributed by atoms with van der Waals surface area (Å²) < 4.78 is 70.2. The van der Waals surface area contributed by atoms with E-state index in [-0.39, 0.29) is 35.3 Å². The van der Waals surface area contributed by atoms with Crippen LogP contribution in [0.15, 0.2) is 81.9 Å². The van der Waals surface area contributed by atoms with Crippen molar-refractivity contribution in [3.05, 3.63) is 117 Å². The van der Waals surface area contributed by atoms with E-state index in [0.29, 0.717) is 32.1 Å². The number of nitrogens with two attached hydrogens (primary N) is 1. The molecule has 10 nitrogen and oxygen atoms in total. The van der Waals surface area contributed by atoms with Crippen molar-refractivity contribution in [2.75, 3.05) is 7.11 Å². The molecule has 0 saturated carbocycles. The fourth-order valence-corrected chi connectivity index (χ4v) is 5.71. The van der Waals surface area contributed by atoms with Crippen molar-refractivity contribution in [3.63, 3.8) is 0 Å². The fourth-order valence-electron chi connectivity index (χ4n) is 4.97. The van der Waals surface area contributed by atoms with Crippen LogP contribution in [0, 0.1) is 12.7 Å². The van der Waals surface area contributed by atoms with Crippen LogP contribution in [0.3, 0.4) is 0 Å². The molecular weight excluding hydrogens is 903 g/mol. The molecule has 57 heavy (non-hydrogen) atoms. The summed E-state index contributed by atoms with van der Waals surface area (Å²) in [5, 5.41) is -0.206. The molecule has 2 N–H and O–H groups in total. The average molecular weight is 945 g/mol. The Labute approximate surface area is 350 Å². The molecule has 1 fully saturated rings. The Morgan fingerprint density at radius 1 is 0.982 bits per heavy atom. The molecule has 5 aromatic rings. The third kappa shape index (κ3) is 12.6. The van der Waals surface area contributed by atoms with E-state index in [9.17, 15) is 27.2 Å². The zero-order valence-corrected chi connectivity index (χ0v) is 36.4. The molecule has 0 bridgehead atoms. The van der Waals surface area contributed by atoms with Gasteiger partial charge in [-0.15, -0.1) is 0 Å². The number of ether oxygens (including phenoxy) is 1. The second-order valence-corrected chi connectivity index (χ2v) is 15.8. The predicted octanol–water partition coefficient (Wildman–Crippen LogP) is 9.39. The van der Waals surface area contributed by atoms with Gasteiger partial charge in [-0.05, 0) is 123 Å². The molecule has 5 heterocycles. The molecule has 0 unspecified atom stereocenters. The Morgan fingerprint density at radius 3 is 2.14 bits per heavy atom. The van der Waals surface area contributed by atoms with Crippen LogP contribution in [0.2, 0.25) is 0 Å². The summed E-state index contributed by atoms with van der Waals surface area (Å²) in [7, 11) is 0.973. The number of hydrogen-bond acceptors (Lipinski definition) is 10. The van der Waals surface area contributed by atoms with Crippen molar-refractivity contribution in [1.82, 2.24) is 15.0 Å². The number of hydrogen-bond donors (Lipinski definition) is 1. The molecule has 0 atom stereocenters. The monoisotopic (exact) mass is 942 g/mol. The van der Waals surface area contributed by atoms with Gasteiger partial charge in [-0.25, -0.2) is 4.39 Å². The second-order valence-electron chi connectivity index (χ2n) is 14.0. The maximum atomic E-state index is 12.7. The molecular formula is C39H42BBr2ClF4N4O6. The number of fused-ring (bicyclic) bond motifs is 1. The lowest BCUT2D eigenvalue weighted by atomic mass is 9.75. The number of esters is 1. The van der Waals surface area contributed by atoms with Gasteiger partial charge in [0.2, 0.25) is 5.76 Å². The quantitative estimate of drug-likeness (QED) is 0.0576. The molecule has 4 aromatic heterocycles. The summed E-state index contributed by atoms with van der Waals surface area (Å²) in [5.74, 6) is -1.31. The van der Waals surface area contributed by atoms with Gasteiger partial charge in [0.1, 0.15) is 17.1 Å². The summed E-state index contributed by atoms with van der Waals surface area (Å²) in [4.78, 5) is 35.2. The molecule has 1 aliphatic rings. The number of furan rings is 1. The van der Waals surface area contributed by atoms with Crippen LogP contribution >= 0.6 is 43.5 Å². The van der Waals surface area contributed by atoms with Crippen molar-refractivity contribution >= 4 is 78.3 Å². The highest BCUT2D eigenvalue weighted by Gasteiger charge is 2.52. The zero-order chi connectivity index (χ0) is 42.9. The van der Waals surface area contributed by atoms with E-state index in [1.807, 2.05) is 72.7 Å². The highest BCUT2D eigenvalue weighted by atomic mass is 79.9. The molecule has 1 saturated heterocycles. The van der Waals surface area contributed by atoms with Crippen LogP contribution in [0.4, 0.5) is 17.6 Å². The average Bonchev–Trinajstić information content (AvgIpc) is 3.73. The first-order valence-electron chi connectivity index (χ1n) is 17.2. The van der Waals surface area contributed by atoms with E-state index >= 15 is 0 Å². The standard InChI is InChI=1S/C17H25BO4.C10H7ClN2O.C6H4BrF3O.C6H6BrFN2/c1-15(2,14(19)20-7)12-9-8-10-13(11-12)18-21-16(3,4)17(5,6)22-18;1-6-5-7(10(11)14)9-8(13-6)3-2-4-12-9;7-3-4-1-2-5(11-4)6(8,9)10;7-4-1-5(8)6(2-9)10-3-4/h8-11H,1-7H3;2-5H,1H3;1-2H,3H2;1,3H,2,9H2. The van der Waals surface area contributed by atoms with Crippen LogP contribution in [-0.4, -0.2) is 51.6 Å². The number of pyridine rings is 3. The number of carbonyl (C=O) groups excluding carboxylic acids is 2. The van der Waals surface area contributed by atoms with Crippen LogP contribution < -0.4 is 11.2 Å². The van der Waals surface area contributed by atoms with Crippen molar-refractivity contribution in [3.8, 4) is 0 Å². The number of benzene rings is 1. The number of aromatic nitrogens is 3. The fraction of sp³-hybridized carbons (Fsp3) is 0.359. The van der Waals surface area contributed by atoms with Gasteiger partial charge in [0.25, 0.3) is 5.24 Å². The van der Waals surface area contributed by atoms with E-state index < -0.39 is 29.7 Å². The summed E-state index contributed by atoms with van der Waals surface area (Å²) in [5.41, 5.74) is 8.20. The van der Waals surface area contributed by atoms with Crippen molar-refractivity contribution < 1.29 is 45.6 Å². The largest absolute Gasteiger partial charge is 0.494 e. The number of alkyl halides is 4. The number of carbonyl (C=O) groups is 2. The number of methoxy groups -OCH3 is 1. The predicted molar refractivity (Wildman–Crippen MR) is 218 cm³/mol. The first-order valence-corrected chi connectivity index (χ1v) is 19.4. The van der Waals surface area contributed by atoms with Gasteiger partial charge in [0.05, 0.1) is 45.8 Å². The minimum Gasteiger partial charge on any atom is -0.468 e. The molecule has 18 heteroatoms. The highest BCUT2D eigenvalue weighted by molar-refractivity contribution is 9.10. The maximum Gasteiger partial charge on any atom is 0.494 e. The van der Waals surface area contributed by atoms with Crippen molar-refractivity contribution in [2.45, 2.75) is 83.1 Å². The zero-order valence-electron chi connectivity index (χ0n) is 32.4. The van der Waals surface area contributed by atoms with E-state index in [1.165, 1.54) is 25.4 Å². The maximum absolute atomic E-state index is 12.7. The van der Waals surface area contributed by atoms with Gasteiger partial charge in [0, 0.05) is 29.1 Å².